The molecule has 0 amide bonds. The standard InChI is InChI=1S/C14H12BrN3OS/c1-9-17-18-14(19-9)11-4-2-3-5-12(11)16-7-10-6-13(15)20-8-10/h2-6,8,16H,7H2,1H3. The smallest absolute Gasteiger partial charge is 0.249 e. The van der Waals surface area contributed by atoms with Crippen molar-refractivity contribution in [2.24, 2.45) is 0 Å². The van der Waals surface area contributed by atoms with Gasteiger partial charge < -0.3 is 9.73 Å². The number of para-hydroxylation sites is 1. The summed E-state index contributed by atoms with van der Waals surface area (Å²) in [4.78, 5) is 0. The summed E-state index contributed by atoms with van der Waals surface area (Å²) in [6.07, 6.45) is 0. The summed E-state index contributed by atoms with van der Waals surface area (Å²) < 4.78 is 6.63. The molecule has 3 aromatic rings. The van der Waals surface area contributed by atoms with Crippen molar-refractivity contribution in [3.8, 4) is 11.5 Å². The molecule has 1 N–H and O–H groups in total. The second-order valence-corrected chi connectivity index (χ2v) is 6.57. The molecule has 20 heavy (non-hydrogen) atoms. The molecule has 2 heterocycles. The van der Waals surface area contributed by atoms with Crippen molar-refractivity contribution in [2.45, 2.75) is 13.5 Å². The number of thiophene rings is 1. The van der Waals surface area contributed by atoms with Crippen molar-refractivity contribution in [1.82, 2.24) is 10.2 Å². The van der Waals surface area contributed by atoms with Crippen molar-refractivity contribution >= 4 is 33.0 Å². The number of aryl methyl sites for hydroxylation is 1. The molecule has 3 rings (SSSR count). The summed E-state index contributed by atoms with van der Waals surface area (Å²) in [7, 11) is 0. The lowest BCUT2D eigenvalue weighted by molar-refractivity contribution is 0.533. The topological polar surface area (TPSA) is 51.0 Å². The minimum absolute atomic E-state index is 0.539. The quantitative estimate of drug-likeness (QED) is 0.754. The summed E-state index contributed by atoms with van der Waals surface area (Å²) in [5.41, 5.74) is 3.14. The molecule has 2 aromatic heterocycles. The molecule has 4 nitrogen and oxygen atoms in total. The molecule has 6 heteroatoms. The predicted molar refractivity (Wildman–Crippen MR) is 83.8 cm³/mol. The van der Waals surface area contributed by atoms with E-state index >= 15 is 0 Å². The van der Waals surface area contributed by atoms with Crippen molar-refractivity contribution in [1.29, 1.82) is 0 Å². The SMILES string of the molecule is Cc1nnc(-c2ccccc2NCc2csc(Br)c2)o1. The molecule has 0 aliphatic carbocycles. The van der Waals surface area contributed by atoms with Crippen LogP contribution in [-0.4, -0.2) is 10.2 Å². The Kier molecular flexibility index (Phi) is 3.84. The van der Waals surface area contributed by atoms with Crippen LogP contribution in [0, 0.1) is 6.92 Å². The zero-order chi connectivity index (χ0) is 13.9. The summed E-state index contributed by atoms with van der Waals surface area (Å²) in [6.45, 7) is 2.54. The number of nitrogens with one attached hydrogen (secondary N) is 1. The van der Waals surface area contributed by atoms with Crippen molar-refractivity contribution in [2.75, 3.05) is 5.32 Å². The lowest BCUT2D eigenvalue weighted by Gasteiger charge is -2.08. The average molecular weight is 350 g/mol. The fraction of sp³-hybridized carbons (Fsp3) is 0.143. The monoisotopic (exact) mass is 349 g/mol. The van der Waals surface area contributed by atoms with Crippen LogP contribution < -0.4 is 5.32 Å². The van der Waals surface area contributed by atoms with Gasteiger partial charge in [-0.1, -0.05) is 12.1 Å². The molecule has 0 fully saturated rings. The van der Waals surface area contributed by atoms with Gasteiger partial charge in [0, 0.05) is 19.2 Å². The first kappa shape index (κ1) is 13.3. The van der Waals surface area contributed by atoms with Crippen LogP contribution in [0.5, 0.6) is 0 Å². The van der Waals surface area contributed by atoms with Crippen LogP contribution in [0.25, 0.3) is 11.5 Å². The zero-order valence-electron chi connectivity index (χ0n) is 10.8. The molecule has 0 unspecified atom stereocenters. The number of halogens is 1. The fourth-order valence-electron chi connectivity index (χ4n) is 1.86. The molecule has 0 aliphatic rings. The molecule has 0 radical (unpaired) electrons. The van der Waals surface area contributed by atoms with Gasteiger partial charge in [-0.2, -0.15) is 0 Å². The zero-order valence-corrected chi connectivity index (χ0v) is 13.2. The Morgan fingerprint density at radius 3 is 2.85 bits per heavy atom. The van der Waals surface area contributed by atoms with E-state index in [2.05, 4.69) is 42.9 Å². The van der Waals surface area contributed by atoms with E-state index in [0.29, 0.717) is 11.8 Å². The van der Waals surface area contributed by atoms with Crippen LogP contribution in [0.3, 0.4) is 0 Å². The summed E-state index contributed by atoms with van der Waals surface area (Å²) in [6, 6.07) is 10.0. The van der Waals surface area contributed by atoms with Gasteiger partial charge in [-0.3, -0.25) is 0 Å². The van der Waals surface area contributed by atoms with E-state index in [1.54, 1.807) is 18.3 Å². The Balaban J connectivity index is 1.83. The summed E-state index contributed by atoms with van der Waals surface area (Å²) in [5, 5.41) is 13.5. The normalized spacial score (nSPS) is 10.7. The molecule has 0 spiro atoms. The maximum absolute atomic E-state index is 5.50. The van der Waals surface area contributed by atoms with E-state index in [0.717, 1.165) is 21.6 Å². The summed E-state index contributed by atoms with van der Waals surface area (Å²) in [5.74, 6) is 1.11. The first-order chi connectivity index (χ1) is 9.72. The molecule has 0 bridgehead atoms. The van der Waals surface area contributed by atoms with Crippen molar-refractivity contribution in [3.63, 3.8) is 0 Å². The van der Waals surface area contributed by atoms with E-state index in [9.17, 15) is 0 Å². The Hall–Kier alpha value is -1.66. The number of nitrogens with zero attached hydrogens (tertiary/aromatic N) is 2. The number of benzene rings is 1. The van der Waals surface area contributed by atoms with Crippen LogP contribution in [0.4, 0.5) is 5.69 Å². The van der Waals surface area contributed by atoms with E-state index in [1.165, 1.54) is 5.56 Å². The van der Waals surface area contributed by atoms with E-state index in [1.807, 2.05) is 24.3 Å². The van der Waals surface area contributed by atoms with Gasteiger partial charge in [-0.25, -0.2) is 0 Å². The second kappa shape index (κ2) is 5.76. The van der Waals surface area contributed by atoms with Crippen LogP contribution in [0.2, 0.25) is 0 Å². The first-order valence-corrected chi connectivity index (χ1v) is 7.76. The van der Waals surface area contributed by atoms with Crippen LogP contribution in [-0.2, 0) is 6.54 Å². The highest BCUT2D eigenvalue weighted by Gasteiger charge is 2.10. The minimum atomic E-state index is 0.539. The highest BCUT2D eigenvalue weighted by atomic mass is 79.9. The molecule has 0 aliphatic heterocycles. The third-order valence-electron chi connectivity index (χ3n) is 2.79. The maximum atomic E-state index is 5.50. The first-order valence-electron chi connectivity index (χ1n) is 6.08. The van der Waals surface area contributed by atoms with Crippen molar-refractivity contribution < 1.29 is 4.42 Å². The number of anilines is 1. The minimum Gasteiger partial charge on any atom is -0.421 e. The highest BCUT2D eigenvalue weighted by molar-refractivity contribution is 9.11. The molecular formula is C14H12BrN3OS. The van der Waals surface area contributed by atoms with Crippen LogP contribution in [0.15, 0.2) is 43.9 Å². The van der Waals surface area contributed by atoms with Gasteiger partial charge in [0.25, 0.3) is 0 Å². The Morgan fingerprint density at radius 2 is 2.15 bits per heavy atom. The van der Waals surface area contributed by atoms with E-state index < -0.39 is 0 Å². The summed E-state index contributed by atoms with van der Waals surface area (Å²) >= 11 is 5.15. The van der Waals surface area contributed by atoms with Gasteiger partial charge in [-0.05, 0) is 45.1 Å². The van der Waals surface area contributed by atoms with Gasteiger partial charge in [0.2, 0.25) is 11.8 Å². The second-order valence-electron chi connectivity index (χ2n) is 4.28. The van der Waals surface area contributed by atoms with Crippen LogP contribution in [0.1, 0.15) is 11.5 Å². The lowest BCUT2D eigenvalue weighted by Crippen LogP contribution is -1.99. The van der Waals surface area contributed by atoms with Crippen LogP contribution >= 0.6 is 27.3 Å². The molecule has 1 aromatic carbocycles. The number of hydrogen-bond donors (Lipinski definition) is 1. The predicted octanol–water partition coefficient (Wildman–Crippen LogP) is 4.48. The maximum Gasteiger partial charge on any atom is 0.249 e. The number of rotatable bonds is 4. The van der Waals surface area contributed by atoms with Gasteiger partial charge >= 0.3 is 0 Å². The third-order valence-corrected chi connectivity index (χ3v) is 4.34. The number of aromatic nitrogens is 2. The van der Waals surface area contributed by atoms with Gasteiger partial charge in [0.05, 0.1) is 9.35 Å². The van der Waals surface area contributed by atoms with Gasteiger partial charge in [-0.15, -0.1) is 21.5 Å². The highest BCUT2D eigenvalue weighted by Crippen LogP contribution is 2.28. The lowest BCUT2D eigenvalue weighted by atomic mass is 10.1. The fourth-order valence-corrected chi connectivity index (χ4v) is 3.07. The Morgan fingerprint density at radius 1 is 1.30 bits per heavy atom. The largest absolute Gasteiger partial charge is 0.421 e. The van der Waals surface area contributed by atoms with E-state index in [-0.39, 0.29) is 0 Å². The Bertz CT molecular complexity index is 723. The molecule has 0 saturated carbocycles. The van der Waals surface area contributed by atoms with Crippen molar-refractivity contribution in [3.05, 3.63) is 51.0 Å². The average Bonchev–Trinajstić information content (AvgIpc) is 3.06. The molecule has 0 saturated heterocycles. The molecular weight excluding hydrogens is 338 g/mol. The molecule has 102 valence electrons. The van der Waals surface area contributed by atoms with Gasteiger partial charge in [0.1, 0.15) is 0 Å². The number of hydrogen-bond acceptors (Lipinski definition) is 5. The Labute approximate surface area is 129 Å². The van der Waals surface area contributed by atoms with E-state index in [4.69, 9.17) is 4.42 Å². The third kappa shape index (κ3) is 2.91. The van der Waals surface area contributed by atoms with Gasteiger partial charge in [0.15, 0.2) is 0 Å². The molecule has 0 atom stereocenters.